The van der Waals surface area contributed by atoms with Crippen LogP contribution in [0.3, 0.4) is 0 Å². The maximum Gasteiger partial charge on any atom is 0.257 e. The average Bonchev–Trinajstić information content (AvgIpc) is 2.74. The number of nitrogens with one attached hydrogen (secondary N) is 2. The normalized spacial score (nSPS) is 15.4. The van der Waals surface area contributed by atoms with E-state index in [4.69, 9.17) is 0 Å². The molecule has 0 atom stereocenters. The topological polar surface area (TPSA) is 98.8 Å². The Morgan fingerprint density at radius 3 is 2.35 bits per heavy atom. The standard InChI is InChI=1S/C22H28N4O4S/c1-3-31(29,30)26-13-11-25(12-14-26)16-21(27)24-20-10-5-4-9-19(20)22(28)23-18-8-6-7-17(2)15-18/h4-10,15H,3,11-14,16H2,1-2H3,(H,23,28)(H,24,27). The molecule has 1 heterocycles. The Morgan fingerprint density at radius 2 is 1.68 bits per heavy atom. The first kappa shape index (κ1) is 22.9. The molecule has 1 aliphatic heterocycles. The molecule has 0 radical (unpaired) electrons. The van der Waals surface area contributed by atoms with Gasteiger partial charge in [-0.2, -0.15) is 4.31 Å². The van der Waals surface area contributed by atoms with Crippen molar-refractivity contribution in [3.63, 3.8) is 0 Å². The smallest absolute Gasteiger partial charge is 0.257 e. The summed E-state index contributed by atoms with van der Waals surface area (Å²) in [6, 6.07) is 14.3. The van der Waals surface area contributed by atoms with Crippen LogP contribution in [0.25, 0.3) is 0 Å². The van der Waals surface area contributed by atoms with E-state index in [0.717, 1.165) is 5.56 Å². The number of hydrogen-bond acceptors (Lipinski definition) is 5. The van der Waals surface area contributed by atoms with Gasteiger partial charge in [0.25, 0.3) is 5.91 Å². The van der Waals surface area contributed by atoms with E-state index in [1.807, 2.05) is 36.1 Å². The van der Waals surface area contributed by atoms with Crippen molar-refractivity contribution in [1.29, 1.82) is 0 Å². The Hall–Kier alpha value is -2.75. The zero-order chi connectivity index (χ0) is 22.4. The van der Waals surface area contributed by atoms with Crippen molar-refractivity contribution in [2.45, 2.75) is 13.8 Å². The minimum atomic E-state index is -3.20. The first-order valence-corrected chi connectivity index (χ1v) is 11.9. The van der Waals surface area contributed by atoms with Crippen LogP contribution in [0.15, 0.2) is 48.5 Å². The van der Waals surface area contributed by atoms with E-state index in [9.17, 15) is 18.0 Å². The Bertz CT molecular complexity index is 1050. The van der Waals surface area contributed by atoms with Crippen LogP contribution in [0.5, 0.6) is 0 Å². The van der Waals surface area contributed by atoms with Crippen LogP contribution >= 0.6 is 0 Å². The van der Waals surface area contributed by atoms with Crippen molar-refractivity contribution in [3.8, 4) is 0 Å². The maximum atomic E-state index is 12.7. The van der Waals surface area contributed by atoms with Gasteiger partial charge in [-0.15, -0.1) is 0 Å². The molecule has 2 aromatic carbocycles. The van der Waals surface area contributed by atoms with E-state index in [0.29, 0.717) is 43.1 Å². The lowest BCUT2D eigenvalue weighted by Gasteiger charge is -2.33. The minimum absolute atomic E-state index is 0.0783. The van der Waals surface area contributed by atoms with E-state index in [1.165, 1.54) is 4.31 Å². The molecule has 1 aliphatic rings. The van der Waals surface area contributed by atoms with Gasteiger partial charge in [0.05, 0.1) is 23.5 Å². The number of carbonyl (C=O) groups excluding carboxylic acids is 2. The van der Waals surface area contributed by atoms with Crippen LogP contribution in [0.1, 0.15) is 22.8 Å². The fourth-order valence-corrected chi connectivity index (χ4v) is 4.54. The quantitative estimate of drug-likeness (QED) is 0.682. The number of benzene rings is 2. The number of carbonyl (C=O) groups is 2. The summed E-state index contributed by atoms with van der Waals surface area (Å²) < 4.78 is 25.4. The van der Waals surface area contributed by atoms with Gasteiger partial charge in [-0.05, 0) is 43.7 Å². The third kappa shape index (κ3) is 6.13. The summed E-state index contributed by atoms with van der Waals surface area (Å²) in [7, 11) is -3.20. The Labute approximate surface area is 183 Å². The molecule has 2 N–H and O–H groups in total. The lowest BCUT2D eigenvalue weighted by Crippen LogP contribution is -2.50. The van der Waals surface area contributed by atoms with Gasteiger partial charge in [0, 0.05) is 31.9 Å². The number of nitrogens with zero attached hydrogens (tertiary/aromatic N) is 2. The van der Waals surface area contributed by atoms with E-state index >= 15 is 0 Å². The molecular weight excluding hydrogens is 416 g/mol. The molecule has 0 aromatic heterocycles. The van der Waals surface area contributed by atoms with Crippen molar-refractivity contribution in [1.82, 2.24) is 9.21 Å². The SMILES string of the molecule is CCS(=O)(=O)N1CCN(CC(=O)Nc2ccccc2C(=O)Nc2cccc(C)c2)CC1. The number of sulfonamides is 1. The number of anilines is 2. The van der Waals surface area contributed by atoms with Gasteiger partial charge in [-0.3, -0.25) is 14.5 Å². The van der Waals surface area contributed by atoms with Crippen LogP contribution in [0, 0.1) is 6.92 Å². The molecule has 0 bridgehead atoms. The van der Waals surface area contributed by atoms with Crippen molar-refractivity contribution in [3.05, 3.63) is 59.7 Å². The number of piperazine rings is 1. The first-order chi connectivity index (χ1) is 14.8. The summed E-state index contributed by atoms with van der Waals surface area (Å²) in [5.74, 6) is -0.475. The zero-order valence-electron chi connectivity index (χ0n) is 17.8. The molecule has 0 aliphatic carbocycles. The number of aryl methyl sites for hydroxylation is 1. The highest BCUT2D eigenvalue weighted by atomic mass is 32.2. The highest BCUT2D eigenvalue weighted by Gasteiger charge is 2.26. The van der Waals surface area contributed by atoms with Crippen LogP contribution in [-0.4, -0.2) is 67.9 Å². The monoisotopic (exact) mass is 444 g/mol. The molecule has 1 saturated heterocycles. The Kier molecular flexibility index (Phi) is 7.42. The predicted octanol–water partition coefficient (Wildman–Crippen LogP) is 2.15. The lowest BCUT2D eigenvalue weighted by atomic mass is 10.1. The van der Waals surface area contributed by atoms with E-state index in [-0.39, 0.29) is 24.1 Å². The second-order valence-corrected chi connectivity index (χ2v) is 9.75. The van der Waals surface area contributed by atoms with Gasteiger partial charge in [-0.1, -0.05) is 24.3 Å². The van der Waals surface area contributed by atoms with Gasteiger partial charge >= 0.3 is 0 Å². The Balaban J connectivity index is 1.59. The average molecular weight is 445 g/mol. The lowest BCUT2D eigenvalue weighted by molar-refractivity contribution is -0.117. The number of rotatable bonds is 7. The van der Waals surface area contributed by atoms with E-state index < -0.39 is 10.0 Å². The molecule has 2 aromatic rings. The first-order valence-electron chi connectivity index (χ1n) is 10.3. The van der Waals surface area contributed by atoms with Gasteiger partial charge in [0.1, 0.15) is 0 Å². The maximum absolute atomic E-state index is 12.7. The molecule has 0 unspecified atom stereocenters. The second-order valence-electron chi connectivity index (χ2n) is 7.49. The molecular formula is C22H28N4O4S. The molecule has 166 valence electrons. The molecule has 0 spiro atoms. The molecule has 31 heavy (non-hydrogen) atoms. The van der Waals surface area contributed by atoms with Crippen molar-refractivity contribution < 1.29 is 18.0 Å². The number of amides is 2. The van der Waals surface area contributed by atoms with Gasteiger partial charge < -0.3 is 10.6 Å². The molecule has 0 saturated carbocycles. The van der Waals surface area contributed by atoms with Crippen LogP contribution in [0.2, 0.25) is 0 Å². The minimum Gasteiger partial charge on any atom is -0.324 e. The molecule has 2 amide bonds. The summed E-state index contributed by atoms with van der Waals surface area (Å²) in [6.07, 6.45) is 0. The molecule has 8 nitrogen and oxygen atoms in total. The summed E-state index contributed by atoms with van der Waals surface area (Å²) in [4.78, 5) is 27.2. The van der Waals surface area contributed by atoms with E-state index in [1.54, 1.807) is 31.2 Å². The highest BCUT2D eigenvalue weighted by Crippen LogP contribution is 2.18. The molecule has 9 heteroatoms. The zero-order valence-corrected chi connectivity index (χ0v) is 18.6. The van der Waals surface area contributed by atoms with Crippen LogP contribution in [-0.2, 0) is 14.8 Å². The fourth-order valence-electron chi connectivity index (χ4n) is 3.45. The van der Waals surface area contributed by atoms with Crippen LogP contribution < -0.4 is 10.6 Å². The summed E-state index contributed by atoms with van der Waals surface area (Å²) in [5, 5.41) is 5.67. The molecule has 1 fully saturated rings. The van der Waals surface area contributed by atoms with Crippen molar-refractivity contribution in [2.24, 2.45) is 0 Å². The van der Waals surface area contributed by atoms with Crippen molar-refractivity contribution in [2.75, 3.05) is 49.1 Å². The summed E-state index contributed by atoms with van der Waals surface area (Å²) >= 11 is 0. The van der Waals surface area contributed by atoms with Crippen molar-refractivity contribution >= 4 is 33.2 Å². The summed E-state index contributed by atoms with van der Waals surface area (Å²) in [5.41, 5.74) is 2.53. The largest absolute Gasteiger partial charge is 0.324 e. The van der Waals surface area contributed by atoms with Crippen LogP contribution in [0.4, 0.5) is 11.4 Å². The highest BCUT2D eigenvalue weighted by molar-refractivity contribution is 7.89. The number of hydrogen-bond donors (Lipinski definition) is 2. The third-order valence-electron chi connectivity index (χ3n) is 5.18. The second kappa shape index (κ2) is 10.0. The fraction of sp³-hybridized carbons (Fsp3) is 0.364. The molecule has 3 rings (SSSR count). The van der Waals surface area contributed by atoms with Gasteiger partial charge in [-0.25, -0.2) is 8.42 Å². The third-order valence-corrected chi connectivity index (χ3v) is 7.06. The predicted molar refractivity (Wildman–Crippen MR) is 122 cm³/mol. The van der Waals surface area contributed by atoms with Gasteiger partial charge in [0.2, 0.25) is 15.9 Å². The van der Waals surface area contributed by atoms with Gasteiger partial charge in [0.15, 0.2) is 0 Å². The number of para-hydroxylation sites is 1. The summed E-state index contributed by atoms with van der Waals surface area (Å²) in [6.45, 7) is 5.43. The Morgan fingerprint density at radius 1 is 0.968 bits per heavy atom. The van der Waals surface area contributed by atoms with E-state index in [2.05, 4.69) is 10.6 Å².